The zero-order valence-corrected chi connectivity index (χ0v) is 13.0. The molecule has 112 valence electrons. The van der Waals surface area contributed by atoms with Crippen LogP contribution < -0.4 is 10.1 Å². The highest BCUT2D eigenvalue weighted by Gasteiger charge is 2.24. The maximum absolute atomic E-state index is 13.8. The van der Waals surface area contributed by atoms with Gasteiger partial charge in [0.25, 0.3) is 0 Å². The van der Waals surface area contributed by atoms with Gasteiger partial charge in [-0.15, -0.1) is 0 Å². The van der Waals surface area contributed by atoms with Gasteiger partial charge >= 0.3 is 0 Å². The molecule has 1 aromatic carbocycles. The summed E-state index contributed by atoms with van der Waals surface area (Å²) in [6.45, 7) is 6.07. The molecule has 0 aliphatic heterocycles. The van der Waals surface area contributed by atoms with Crippen molar-refractivity contribution in [3.8, 4) is 5.75 Å². The Morgan fingerprint density at radius 3 is 2.65 bits per heavy atom. The van der Waals surface area contributed by atoms with E-state index in [1.807, 2.05) is 20.0 Å². The van der Waals surface area contributed by atoms with E-state index in [1.54, 1.807) is 13.0 Å². The fourth-order valence-corrected chi connectivity index (χ4v) is 2.89. The molecule has 0 saturated heterocycles. The standard InChI is InChI=1S/C17H26FNO/c1-11-7-5-6-8-16(11)20-17-9-12(2)15(18)10-14(17)13(3)19-4/h9-11,13,16,19H,5-8H2,1-4H3. The Balaban J connectivity index is 2.26. The van der Waals surface area contributed by atoms with Crippen molar-refractivity contribution in [2.24, 2.45) is 5.92 Å². The lowest BCUT2D eigenvalue weighted by Crippen LogP contribution is -2.29. The molecule has 3 atom stereocenters. The third-order valence-electron chi connectivity index (χ3n) is 4.50. The summed E-state index contributed by atoms with van der Waals surface area (Å²) in [6, 6.07) is 3.54. The van der Waals surface area contributed by atoms with Crippen LogP contribution in [0.1, 0.15) is 56.7 Å². The molecule has 1 N–H and O–H groups in total. The zero-order chi connectivity index (χ0) is 14.7. The Hall–Kier alpha value is -1.09. The van der Waals surface area contributed by atoms with E-state index in [-0.39, 0.29) is 18.0 Å². The molecule has 3 heteroatoms. The predicted octanol–water partition coefficient (Wildman–Crippen LogP) is 4.37. The van der Waals surface area contributed by atoms with Crippen LogP contribution in [0.25, 0.3) is 0 Å². The molecule has 1 aromatic rings. The zero-order valence-electron chi connectivity index (χ0n) is 13.0. The Labute approximate surface area is 121 Å². The summed E-state index contributed by atoms with van der Waals surface area (Å²) in [5.74, 6) is 1.25. The van der Waals surface area contributed by atoms with E-state index in [9.17, 15) is 4.39 Å². The molecule has 0 spiro atoms. The van der Waals surface area contributed by atoms with Crippen molar-refractivity contribution in [3.63, 3.8) is 0 Å². The first kappa shape index (κ1) is 15.3. The average molecular weight is 279 g/mol. The monoisotopic (exact) mass is 279 g/mol. The smallest absolute Gasteiger partial charge is 0.126 e. The molecule has 1 aliphatic rings. The second kappa shape index (κ2) is 6.57. The van der Waals surface area contributed by atoms with Gasteiger partial charge in [0.15, 0.2) is 0 Å². The van der Waals surface area contributed by atoms with Crippen LogP contribution in [-0.4, -0.2) is 13.2 Å². The number of benzene rings is 1. The Bertz CT molecular complexity index is 461. The lowest BCUT2D eigenvalue weighted by molar-refractivity contribution is 0.101. The number of hydrogen-bond donors (Lipinski definition) is 1. The Morgan fingerprint density at radius 1 is 1.30 bits per heavy atom. The molecule has 2 nitrogen and oxygen atoms in total. The number of ether oxygens (including phenoxy) is 1. The molecule has 1 saturated carbocycles. The maximum atomic E-state index is 13.8. The van der Waals surface area contributed by atoms with Crippen LogP contribution >= 0.6 is 0 Å². The lowest BCUT2D eigenvalue weighted by Gasteiger charge is -2.31. The van der Waals surface area contributed by atoms with E-state index < -0.39 is 0 Å². The quantitative estimate of drug-likeness (QED) is 0.883. The summed E-state index contributed by atoms with van der Waals surface area (Å²) in [6.07, 6.45) is 5.11. The minimum absolute atomic E-state index is 0.0824. The van der Waals surface area contributed by atoms with Crippen LogP contribution in [0.5, 0.6) is 5.75 Å². The van der Waals surface area contributed by atoms with Crippen LogP contribution in [0.3, 0.4) is 0 Å². The van der Waals surface area contributed by atoms with Crippen LogP contribution in [0.4, 0.5) is 4.39 Å². The summed E-state index contributed by atoms with van der Waals surface area (Å²) in [7, 11) is 1.88. The lowest BCUT2D eigenvalue weighted by atomic mass is 9.88. The fourth-order valence-electron chi connectivity index (χ4n) is 2.89. The van der Waals surface area contributed by atoms with Crippen molar-refractivity contribution in [2.45, 2.75) is 58.6 Å². The molecular formula is C17H26FNO. The summed E-state index contributed by atoms with van der Waals surface area (Å²) < 4.78 is 20.1. The molecule has 1 fully saturated rings. The predicted molar refractivity (Wildman–Crippen MR) is 80.7 cm³/mol. The summed E-state index contributed by atoms with van der Waals surface area (Å²) in [5, 5.41) is 3.17. The van der Waals surface area contributed by atoms with Crippen molar-refractivity contribution >= 4 is 0 Å². The number of aryl methyl sites for hydroxylation is 1. The van der Waals surface area contributed by atoms with E-state index in [0.717, 1.165) is 17.7 Å². The molecule has 0 amide bonds. The molecule has 0 radical (unpaired) electrons. The Morgan fingerprint density at radius 2 is 2.00 bits per heavy atom. The third-order valence-corrected chi connectivity index (χ3v) is 4.50. The maximum Gasteiger partial charge on any atom is 0.126 e. The van der Waals surface area contributed by atoms with Gasteiger partial charge in [-0.05, 0) is 63.8 Å². The summed E-state index contributed by atoms with van der Waals surface area (Å²) >= 11 is 0. The van der Waals surface area contributed by atoms with Crippen molar-refractivity contribution in [1.29, 1.82) is 0 Å². The van der Waals surface area contributed by atoms with E-state index in [2.05, 4.69) is 12.2 Å². The van der Waals surface area contributed by atoms with Gasteiger partial charge in [-0.3, -0.25) is 0 Å². The molecule has 3 unspecified atom stereocenters. The van der Waals surface area contributed by atoms with Crippen LogP contribution in [0.15, 0.2) is 12.1 Å². The van der Waals surface area contributed by atoms with E-state index in [4.69, 9.17) is 4.74 Å². The van der Waals surface area contributed by atoms with Crippen molar-refractivity contribution in [3.05, 3.63) is 29.1 Å². The third kappa shape index (κ3) is 3.32. The molecule has 1 aliphatic carbocycles. The second-order valence-electron chi connectivity index (χ2n) is 6.07. The summed E-state index contributed by atoms with van der Waals surface area (Å²) in [5.41, 5.74) is 1.56. The average Bonchev–Trinajstić information content (AvgIpc) is 2.44. The van der Waals surface area contributed by atoms with Crippen molar-refractivity contribution in [2.75, 3.05) is 7.05 Å². The van der Waals surface area contributed by atoms with Gasteiger partial charge in [0.05, 0.1) is 0 Å². The highest BCUT2D eigenvalue weighted by Crippen LogP contribution is 2.33. The van der Waals surface area contributed by atoms with Crippen LogP contribution in [0, 0.1) is 18.7 Å². The van der Waals surface area contributed by atoms with Crippen molar-refractivity contribution < 1.29 is 9.13 Å². The first-order chi connectivity index (χ1) is 9.52. The van der Waals surface area contributed by atoms with Gasteiger partial charge in [-0.1, -0.05) is 13.3 Å². The molecule has 20 heavy (non-hydrogen) atoms. The first-order valence-corrected chi connectivity index (χ1v) is 7.67. The molecule has 2 rings (SSSR count). The minimum Gasteiger partial charge on any atom is -0.490 e. The normalized spacial score (nSPS) is 24.4. The number of hydrogen-bond acceptors (Lipinski definition) is 2. The van der Waals surface area contributed by atoms with E-state index in [0.29, 0.717) is 11.5 Å². The van der Waals surface area contributed by atoms with Gasteiger partial charge in [0, 0.05) is 11.6 Å². The minimum atomic E-state index is -0.161. The molecule has 0 heterocycles. The van der Waals surface area contributed by atoms with Gasteiger partial charge in [-0.2, -0.15) is 0 Å². The number of nitrogens with one attached hydrogen (secondary N) is 1. The van der Waals surface area contributed by atoms with Crippen LogP contribution in [-0.2, 0) is 0 Å². The highest BCUT2D eigenvalue weighted by molar-refractivity contribution is 5.40. The second-order valence-corrected chi connectivity index (χ2v) is 6.07. The van der Waals surface area contributed by atoms with Gasteiger partial charge < -0.3 is 10.1 Å². The topological polar surface area (TPSA) is 21.3 Å². The number of halogens is 1. The van der Waals surface area contributed by atoms with Crippen LogP contribution in [0.2, 0.25) is 0 Å². The van der Waals surface area contributed by atoms with E-state index >= 15 is 0 Å². The highest BCUT2D eigenvalue weighted by atomic mass is 19.1. The molecular weight excluding hydrogens is 253 g/mol. The fraction of sp³-hybridized carbons (Fsp3) is 0.647. The first-order valence-electron chi connectivity index (χ1n) is 7.67. The molecule has 0 bridgehead atoms. The largest absolute Gasteiger partial charge is 0.490 e. The molecule has 0 aromatic heterocycles. The van der Waals surface area contributed by atoms with Gasteiger partial charge in [-0.25, -0.2) is 4.39 Å². The number of rotatable bonds is 4. The SMILES string of the molecule is CNC(C)c1cc(F)c(C)cc1OC1CCCCC1C. The Kier molecular flexibility index (Phi) is 5.03. The van der Waals surface area contributed by atoms with E-state index in [1.165, 1.54) is 19.3 Å². The summed E-state index contributed by atoms with van der Waals surface area (Å²) in [4.78, 5) is 0. The van der Waals surface area contributed by atoms with Gasteiger partial charge in [0.2, 0.25) is 0 Å². The van der Waals surface area contributed by atoms with Crippen molar-refractivity contribution in [1.82, 2.24) is 5.32 Å². The van der Waals surface area contributed by atoms with Gasteiger partial charge in [0.1, 0.15) is 17.7 Å².